The maximum atomic E-state index is 11.6. The fourth-order valence-electron chi connectivity index (χ4n) is 1.89. The Hall–Kier alpha value is -3.07. The van der Waals surface area contributed by atoms with E-state index in [0.29, 0.717) is 16.8 Å². The van der Waals surface area contributed by atoms with Crippen LogP contribution in [0.15, 0.2) is 24.4 Å². The minimum absolute atomic E-state index is 0.276. The van der Waals surface area contributed by atoms with Gasteiger partial charge in [0.05, 0.1) is 6.20 Å². The standard InChI is InChI=1S/C16H16N4O2/c1-10-4-5-12(14(17)21)8-11(10)6-7-13-9-19-15(20(13)3)16(22)18-2/h4-5,8-9H,1-3H3,(H2,17,21)(H,18,22). The van der Waals surface area contributed by atoms with Crippen LogP contribution in [0.4, 0.5) is 0 Å². The van der Waals surface area contributed by atoms with Crippen molar-refractivity contribution in [2.75, 3.05) is 7.05 Å². The van der Waals surface area contributed by atoms with Gasteiger partial charge >= 0.3 is 0 Å². The number of imidazole rings is 1. The molecule has 0 atom stereocenters. The fraction of sp³-hybridized carbons (Fsp3) is 0.188. The number of nitrogens with zero attached hydrogens (tertiary/aromatic N) is 2. The summed E-state index contributed by atoms with van der Waals surface area (Å²) in [5.41, 5.74) is 7.92. The third kappa shape index (κ3) is 2.99. The topological polar surface area (TPSA) is 90.0 Å². The number of carbonyl (C=O) groups is 2. The number of nitrogens with one attached hydrogen (secondary N) is 1. The van der Waals surface area contributed by atoms with E-state index in [-0.39, 0.29) is 11.7 Å². The monoisotopic (exact) mass is 296 g/mol. The molecule has 0 aliphatic rings. The number of benzene rings is 1. The third-order valence-corrected chi connectivity index (χ3v) is 3.27. The van der Waals surface area contributed by atoms with Crippen molar-refractivity contribution in [2.45, 2.75) is 6.92 Å². The van der Waals surface area contributed by atoms with Crippen molar-refractivity contribution in [3.05, 3.63) is 52.6 Å². The Bertz CT molecular complexity index is 809. The number of carbonyl (C=O) groups excluding carboxylic acids is 2. The van der Waals surface area contributed by atoms with Crippen LogP contribution in [0.5, 0.6) is 0 Å². The van der Waals surface area contributed by atoms with Crippen LogP contribution in [-0.4, -0.2) is 28.4 Å². The Kier molecular flexibility index (Phi) is 4.28. The third-order valence-electron chi connectivity index (χ3n) is 3.27. The molecule has 0 unspecified atom stereocenters. The van der Waals surface area contributed by atoms with Crippen LogP contribution in [-0.2, 0) is 7.05 Å². The molecule has 1 aromatic carbocycles. The highest BCUT2D eigenvalue weighted by Crippen LogP contribution is 2.10. The summed E-state index contributed by atoms with van der Waals surface area (Å²) in [6.07, 6.45) is 1.53. The number of rotatable bonds is 2. The summed E-state index contributed by atoms with van der Waals surface area (Å²) in [7, 11) is 3.26. The second-order valence-electron chi connectivity index (χ2n) is 4.75. The number of nitrogens with two attached hydrogens (primary N) is 1. The van der Waals surface area contributed by atoms with Crippen LogP contribution in [0.3, 0.4) is 0 Å². The molecule has 1 aromatic heterocycles. The summed E-state index contributed by atoms with van der Waals surface area (Å²) in [5, 5.41) is 2.52. The van der Waals surface area contributed by atoms with Crippen LogP contribution in [0, 0.1) is 18.8 Å². The van der Waals surface area contributed by atoms with Crippen LogP contribution < -0.4 is 11.1 Å². The number of aryl methyl sites for hydroxylation is 1. The highest BCUT2D eigenvalue weighted by Gasteiger charge is 2.11. The van der Waals surface area contributed by atoms with E-state index >= 15 is 0 Å². The molecule has 6 heteroatoms. The summed E-state index contributed by atoms with van der Waals surface area (Å²) in [5.74, 6) is 5.46. The van der Waals surface area contributed by atoms with Gasteiger partial charge in [0.2, 0.25) is 5.91 Å². The summed E-state index contributed by atoms with van der Waals surface area (Å²) >= 11 is 0. The first-order valence-corrected chi connectivity index (χ1v) is 6.60. The van der Waals surface area contributed by atoms with Gasteiger partial charge in [-0.3, -0.25) is 9.59 Å². The second-order valence-corrected chi connectivity index (χ2v) is 4.75. The fourth-order valence-corrected chi connectivity index (χ4v) is 1.89. The number of amides is 2. The molecule has 1 heterocycles. The molecule has 0 fully saturated rings. The van der Waals surface area contributed by atoms with E-state index in [4.69, 9.17) is 5.73 Å². The lowest BCUT2D eigenvalue weighted by molar-refractivity contribution is 0.0948. The summed E-state index contributed by atoms with van der Waals surface area (Å²) in [4.78, 5) is 26.9. The Morgan fingerprint density at radius 3 is 2.68 bits per heavy atom. The van der Waals surface area contributed by atoms with Gasteiger partial charge in [0, 0.05) is 25.2 Å². The quantitative estimate of drug-likeness (QED) is 0.795. The first kappa shape index (κ1) is 15.3. The van der Waals surface area contributed by atoms with Gasteiger partial charge in [0.1, 0.15) is 5.69 Å². The lowest BCUT2D eigenvalue weighted by atomic mass is 10.0. The van der Waals surface area contributed by atoms with E-state index in [0.717, 1.165) is 5.56 Å². The Labute approximate surface area is 128 Å². The van der Waals surface area contributed by atoms with Crippen LogP contribution in [0.25, 0.3) is 0 Å². The first-order valence-electron chi connectivity index (χ1n) is 6.60. The number of hydrogen-bond donors (Lipinski definition) is 2. The van der Waals surface area contributed by atoms with Gasteiger partial charge in [-0.25, -0.2) is 4.98 Å². The van der Waals surface area contributed by atoms with Gasteiger partial charge in [-0.05, 0) is 30.5 Å². The summed E-state index contributed by atoms with van der Waals surface area (Å²) in [6.45, 7) is 1.90. The molecule has 0 aliphatic carbocycles. The van der Waals surface area contributed by atoms with Gasteiger partial charge < -0.3 is 15.6 Å². The van der Waals surface area contributed by atoms with Crippen LogP contribution in [0.2, 0.25) is 0 Å². The molecule has 2 rings (SSSR count). The van der Waals surface area contributed by atoms with E-state index in [9.17, 15) is 9.59 Å². The smallest absolute Gasteiger partial charge is 0.287 e. The molecule has 2 aromatic rings. The van der Waals surface area contributed by atoms with Gasteiger partial charge in [0.15, 0.2) is 5.82 Å². The van der Waals surface area contributed by atoms with E-state index in [1.54, 1.807) is 36.9 Å². The lowest BCUT2D eigenvalue weighted by Crippen LogP contribution is -2.22. The molecule has 3 N–H and O–H groups in total. The predicted molar refractivity (Wildman–Crippen MR) is 82.3 cm³/mol. The molecule has 0 aliphatic heterocycles. The minimum atomic E-state index is -0.495. The largest absolute Gasteiger partial charge is 0.366 e. The van der Waals surface area contributed by atoms with Crippen molar-refractivity contribution in [3.63, 3.8) is 0 Å². The lowest BCUT2D eigenvalue weighted by Gasteiger charge is -2.01. The number of primary amides is 1. The van der Waals surface area contributed by atoms with Gasteiger partial charge in [-0.1, -0.05) is 12.0 Å². The van der Waals surface area contributed by atoms with Gasteiger partial charge in [-0.2, -0.15) is 0 Å². The average molecular weight is 296 g/mol. The van der Waals surface area contributed by atoms with Crippen molar-refractivity contribution in [1.82, 2.24) is 14.9 Å². The molecule has 0 radical (unpaired) electrons. The van der Waals surface area contributed by atoms with Gasteiger partial charge in [-0.15, -0.1) is 0 Å². The summed E-state index contributed by atoms with van der Waals surface area (Å²) in [6, 6.07) is 5.11. The van der Waals surface area contributed by atoms with Crippen molar-refractivity contribution in [3.8, 4) is 11.8 Å². The highest BCUT2D eigenvalue weighted by atomic mass is 16.2. The summed E-state index contributed by atoms with van der Waals surface area (Å²) < 4.78 is 1.61. The Morgan fingerprint density at radius 2 is 2.05 bits per heavy atom. The molecule has 0 saturated carbocycles. The maximum absolute atomic E-state index is 11.6. The van der Waals surface area contributed by atoms with E-state index < -0.39 is 5.91 Å². The first-order chi connectivity index (χ1) is 10.4. The SMILES string of the molecule is CNC(=O)c1ncc(C#Cc2cc(C(N)=O)ccc2C)n1C. The zero-order valence-corrected chi connectivity index (χ0v) is 12.6. The Morgan fingerprint density at radius 1 is 1.32 bits per heavy atom. The number of hydrogen-bond acceptors (Lipinski definition) is 3. The molecule has 2 amide bonds. The highest BCUT2D eigenvalue weighted by molar-refractivity contribution is 5.93. The number of aromatic nitrogens is 2. The molecular formula is C16H16N4O2. The average Bonchev–Trinajstić information content (AvgIpc) is 2.86. The predicted octanol–water partition coefficient (Wildman–Crippen LogP) is 0.587. The molecule has 0 spiro atoms. The Balaban J connectivity index is 2.39. The molecule has 0 bridgehead atoms. The van der Waals surface area contributed by atoms with Crippen molar-refractivity contribution in [2.24, 2.45) is 12.8 Å². The molecule has 22 heavy (non-hydrogen) atoms. The van der Waals surface area contributed by atoms with E-state index in [1.807, 2.05) is 6.92 Å². The van der Waals surface area contributed by atoms with Crippen LogP contribution >= 0.6 is 0 Å². The molecule has 6 nitrogen and oxygen atoms in total. The molecule has 0 saturated heterocycles. The zero-order valence-electron chi connectivity index (χ0n) is 12.6. The van der Waals surface area contributed by atoms with E-state index in [2.05, 4.69) is 22.1 Å². The van der Waals surface area contributed by atoms with Crippen molar-refractivity contribution >= 4 is 11.8 Å². The second kappa shape index (κ2) is 6.14. The maximum Gasteiger partial charge on any atom is 0.287 e. The van der Waals surface area contributed by atoms with Crippen molar-refractivity contribution < 1.29 is 9.59 Å². The van der Waals surface area contributed by atoms with Crippen LogP contribution in [0.1, 0.15) is 37.8 Å². The van der Waals surface area contributed by atoms with Crippen molar-refractivity contribution in [1.29, 1.82) is 0 Å². The molecule has 112 valence electrons. The minimum Gasteiger partial charge on any atom is -0.366 e. The molecular weight excluding hydrogens is 280 g/mol. The zero-order chi connectivity index (χ0) is 16.3. The normalized spacial score (nSPS) is 9.77. The van der Waals surface area contributed by atoms with E-state index in [1.165, 1.54) is 6.20 Å². The van der Waals surface area contributed by atoms with Gasteiger partial charge in [0.25, 0.3) is 5.91 Å².